The summed E-state index contributed by atoms with van der Waals surface area (Å²) in [7, 11) is -2.49. The van der Waals surface area contributed by atoms with E-state index in [2.05, 4.69) is 81.4 Å². The van der Waals surface area contributed by atoms with Gasteiger partial charge in [0.2, 0.25) is 0 Å². The van der Waals surface area contributed by atoms with E-state index in [0.717, 1.165) is 19.3 Å². The molecule has 0 unspecified atom stereocenters. The van der Waals surface area contributed by atoms with Crippen LogP contribution in [0.2, 0.25) is 5.04 Å². The monoisotopic (exact) mass is 426 g/mol. The van der Waals surface area contributed by atoms with Gasteiger partial charge in [0.1, 0.15) is 0 Å². The SMILES string of the molecule is CC(C)(C)[Si](OCC[C@@H]1CC[C@H](CC(=O)O)OC1)(c1ccccc1)c1ccccc1. The van der Waals surface area contributed by atoms with Gasteiger partial charge in [-0.25, -0.2) is 0 Å². The maximum absolute atomic E-state index is 10.9. The number of carbonyl (C=O) groups is 1. The molecule has 0 bridgehead atoms. The number of rotatable bonds is 8. The molecule has 3 rings (SSSR count). The predicted molar refractivity (Wildman–Crippen MR) is 123 cm³/mol. The average molecular weight is 427 g/mol. The molecule has 5 heteroatoms. The molecule has 0 radical (unpaired) electrons. The van der Waals surface area contributed by atoms with Crippen LogP contribution in [0.15, 0.2) is 60.7 Å². The third-order valence-corrected chi connectivity index (χ3v) is 11.2. The van der Waals surface area contributed by atoms with Gasteiger partial charge in [0.05, 0.1) is 12.5 Å². The van der Waals surface area contributed by atoms with Crippen LogP contribution in [0, 0.1) is 5.92 Å². The Morgan fingerprint density at radius 1 is 1.03 bits per heavy atom. The smallest absolute Gasteiger partial charge is 0.305 e. The van der Waals surface area contributed by atoms with Gasteiger partial charge in [-0.15, -0.1) is 0 Å². The van der Waals surface area contributed by atoms with Crippen LogP contribution < -0.4 is 10.4 Å². The minimum atomic E-state index is -2.49. The van der Waals surface area contributed by atoms with Crippen molar-refractivity contribution in [1.82, 2.24) is 0 Å². The summed E-state index contributed by atoms with van der Waals surface area (Å²) >= 11 is 0. The third-order valence-electron chi connectivity index (χ3n) is 6.13. The van der Waals surface area contributed by atoms with E-state index in [0.29, 0.717) is 19.1 Å². The summed E-state index contributed by atoms with van der Waals surface area (Å²) in [5.74, 6) is -0.360. The fourth-order valence-corrected chi connectivity index (χ4v) is 9.16. The van der Waals surface area contributed by atoms with Gasteiger partial charge in [-0.2, -0.15) is 0 Å². The quantitative estimate of drug-likeness (QED) is 0.642. The average Bonchev–Trinajstić information content (AvgIpc) is 2.72. The van der Waals surface area contributed by atoms with Crippen LogP contribution in [0.5, 0.6) is 0 Å². The van der Waals surface area contributed by atoms with Gasteiger partial charge in [-0.3, -0.25) is 4.79 Å². The normalized spacial score (nSPS) is 20.1. The lowest BCUT2D eigenvalue weighted by Crippen LogP contribution is -2.66. The van der Waals surface area contributed by atoms with Crippen LogP contribution >= 0.6 is 0 Å². The van der Waals surface area contributed by atoms with Gasteiger partial charge in [-0.05, 0) is 40.6 Å². The van der Waals surface area contributed by atoms with E-state index in [9.17, 15) is 4.79 Å². The summed E-state index contributed by atoms with van der Waals surface area (Å²) in [5, 5.41) is 11.5. The fourth-order valence-electron chi connectivity index (χ4n) is 4.58. The summed E-state index contributed by atoms with van der Waals surface area (Å²) in [6.07, 6.45) is 2.71. The fraction of sp³-hybridized carbons (Fsp3) is 0.480. The summed E-state index contributed by atoms with van der Waals surface area (Å²) in [4.78, 5) is 10.9. The number of hydrogen-bond acceptors (Lipinski definition) is 3. The molecule has 1 aliphatic heterocycles. The highest BCUT2D eigenvalue weighted by atomic mass is 28.4. The zero-order chi connectivity index (χ0) is 21.6. The first-order chi connectivity index (χ1) is 14.3. The van der Waals surface area contributed by atoms with Gasteiger partial charge < -0.3 is 14.3 Å². The summed E-state index contributed by atoms with van der Waals surface area (Å²) < 4.78 is 12.7. The zero-order valence-electron chi connectivity index (χ0n) is 18.3. The van der Waals surface area contributed by atoms with Crippen molar-refractivity contribution >= 4 is 24.7 Å². The molecule has 4 nitrogen and oxygen atoms in total. The second kappa shape index (κ2) is 9.90. The Balaban J connectivity index is 1.75. The molecule has 162 valence electrons. The van der Waals surface area contributed by atoms with Gasteiger partial charge in [0.25, 0.3) is 8.32 Å². The van der Waals surface area contributed by atoms with Gasteiger partial charge in [-0.1, -0.05) is 81.4 Å². The molecule has 2 aromatic carbocycles. The lowest BCUT2D eigenvalue weighted by Gasteiger charge is -2.43. The Labute approximate surface area is 181 Å². The second-order valence-corrected chi connectivity index (χ2v) is 13.6. The molecule has 0 aliphatic carbocycles. The van der Waals surface area contributed by atoms with Crippen LogP contribution in [0.3, 0.4) is 0 Å². The molecule has 2 aromatic rings. The van der Waals surface area contributed by atoms with Crippen molar-refractivity contribution in [2.45, 2.75) is 57.6 Å². The Morgan fingerprint density at radius 2 is 1.60 bits per heavy atom. The molecule has 1 saturated heterocycles. The minimum absolute atomic E-state index is 0.0225. The van der Waals surface area contributed by atoms with E-state index in [1.54, 1.807) is 0 Å². The van der Waals surface area contributed by atoms with Crippen molar-refractivity contribution in [3.05, 3.63) is 60.7 Å². The molecule has 0 aromatic heterocycles. The Hall–Kier alpha value is -1.95. The number of carboxylic acid groups (broad SMARTS) is 1. The van der Waals surface area contributed by atoms with Gasteiger partial charge >= 0.3 is 5.97 Å². The van der Waals surface area contributed by atoms with Crippen LogP contribution in [-0.4, -0.2) is 38.7 Å². The van der Waals surface area contributed by atoms with Crippen LogP contribution in [-0.2, 0) is 14.0 Å². The van der Waals surface area contributed by atoms with E-state index >= 15 is 0 Å². The van der Waals surface area contributed by atoms with E-state index in [1.807, 2.05) is 0 Å². The summed E-state index contributed by atoms with van der Waals surface area (Å²) in [6.45, 7) is 8.19. The maximum Gasteiger partial charge on any atom is 0.305 e. The molecular formula is C25H34O4Si. The first-order valence-corrected chi connectivity index (χ1v) is 12.8. The Bertz CT molecular complexity index is 753. The minimum Gasteiger partial charge on any atom is -0.481 e. The van der Waals surface area contributed by atoms with Crippen molar-refractivity contribution in [1.29, 1.82) is 0 Å². The van der Waals surface area contributed by atoms with Crippen LogP contribution in [0.1, 0.15) is 46.5 Å². The second-order valence-electron chi connectivity index (χ2n) is 9.30. The highest BCUT2D eigenvalue weighted by Gasteiger charge is 2.50. The molecule has 1 aliphatic rings. The Kier molecular flexibility index (Phi) is 7.50. The Morgan fingerprint density at radius 3 is 2.03 bits per heavy atom. The standard InChI is InChI=1S/C25H34O4Si/c1-25(2,3)30(22-10-6-4-7-11-22,23-12-8-5-9-13-23)29-17-16-20-14-15-21(28-19-20)18-24(26)27/h4-13,20-21H,14-19H2,1-3H3,(H,26,27)/t20-,21+/m0/s1. The molecule has 30 heavy (non-hydrogen) atoms. The number of benzene rings is 2. The first-order valence-electron chi connectivity index (χ1n) is 10.9. The molecule has 0 spiro atoms. The topological polar surface area (TPSA) is 55.8 Å². The van der Waals surface area contributed by atoms with Crippen LogP contribution in [0.25, 0.3) is 0 Å². The molecule has 2 atom stereocenters. The van der Waals surface area contributed by atoms with Gasteiger partial charge in [0, 0.05) is 13.2 Å². The predicted octanol–water partition coefficient (Wildman–Crippen LogP) is 4.22. The van der Waals surface area contributed by atoms with E-state index in [4.69, 9.17) is 14.3 Å². The largest absolute Gasteiger partial charge is 0.481 e. The summed E-state index contributed by atoms with van der Waals surface area (Å²) in [6, 6.07) is 21.4. The van der Waals surface area contributed by atoms with E-state index in [1.165, 1.54) is 10.4 Å². The van der Waals surface area contributed by atoms with Crippen LogP contribution in [0.4, 0.5) is 0 Å². The first kappa shape index (κ1) is 22.7. The lowest BCUT2D eigenvalue weighted by atomic mass is 9.95. The van der Waals surface area contributed by atoms with Gasteiger partial charge in [0.15, 0.2) is 0 Å². The number of hydrogen-bond donors (Lipinski definition) is 1. The zero-order valence-corrected chi connectivity index (χ0v) is 19.3. The molecule has 0 saturated carbocycles. The number of ether oxygens (including phenoxy) is 1. The molecule has 1 N–H and O–H groups in total. The van der Waals surface area contributed by atoms with Crippen molar-refractivity contribution in [3.63, 3.8) is 0 Å². The molecule has 1 heterocycles. The van der Waals surface area contributed by atoms with Crippen molar-refractivity contribution in [2.24, 2.45) is 5.92 Å². The highest BCUT2D eigenvalue weighted by molar-refractivity contribution is 6.99. The highest BCUT2D eigenvalue weighted by Crippen LogP contribution is 2.37. The molecular weight excluding hydrogens is 392 g/mol. The number of carboxylic acids is 1. The third kappa shape index (κ3) is 5.20. The van der Waals surface area contributed by atoms with Crippen molar-refractivity contribution in [3.8, 4) is 0 Å². The summed E-state index contributed by atoms with van der Waals surface area (Å²) in [5.41, 5.74) is 0. The van der Waals surface area contributed by atoms with E-state index < -0.39 is 14.3 Å². The molecule has 0 amide bonds. The number of aliphatic carboxylic acids is 1. The van der Waals surface area contributed by atoms with Crippen molar-refractivity contribution < 1.29 is 19.1 Å². The van der Waals surface area contributed by atoms with E-state index in [-0.39, 0.29) is 17.6 Å². The molecule has 1 fully saturated rings. The van der Waals surface area contributed by atoms with Crippen molar-refractivity contribution in [2.75, 3.05) is 13.2 Å². The maximum atomic E-state index is 10.9. The lowest BCUT2D eigenvalue weighted by molar-refractivity contribution is -0.141.